The van der Waals surface area contributed by atoms with Gasteiger partial charge in [-0.1, -0.05) is 12.1 Å². The Balaban J connectivity index is 2.21. The molecule has 0 aliphatic heterocycles. The zero-order valence-electron chi connectivity index (χ0n) is 10.4. The fraction of sp³-hybridized carbons (Fsp3) is 0.500. The Morgan fingerprint density at radius 3 is 2.35 bits per heavy atom. The smallest absolute Gasteiger partial charge is 0.374 e. The van der Waals surface area contributed by atoms with Crippen LogP contribution in [0.2, 0.25) is 0 Å². The molecule has 0 aliphatic carbocycles. The third kappa shape index (κ3) is 8.34. The maximum atomic E-state index is 12.1. The van der Waals surface area contributed by atoms with Crippen LogP contribution >= 0.6 is 11.8 Å². The van der Waals surface area contributed by atoms with Gasteiger partial charge < -0.3 is 10.1 Å². The normalized spacial score (nSPS) is 12.1. The average Bonchev–Trinajstić information content (AvgIpc) is 2.33. The fourth-order valence-corrected chi connectivity index (χ4v) is 1.90. The van der Waals surface area contributed by atoms with Gasteiger partial charge in [-0.05, 0) is 29.5 Å². The molecule has 0 saturated carbocycles. The van der Waals surface area contributed by atoms with E-state index in [0.29, 0.717) is 13.1 Å². The molecule has 1 aromatic rings. The van der Waals surface area contributed by atoms with Gasteiger partial charge in [0.05, 0.1) is 6.61 Å². The van der Waals surface area contributed by atoms with Crippen molar-refractivity contribution in [2.45, 2.75) is 23.4 Å². The van der Waals surface area contributed by atoms with Gasteiger partial charge in [0.15, 0.2) is 0 Å². The van der Waals surface area contributed by atoms with Gasteiger partial charge in [-0.15, -0.1) is 0 Å². The fourth-order valence-electron chi connectivity index (χ4n) is 1.36. The highest BCUT2D eigenvalue weighted by Crippen LogP contribution is 2.36. The number of halogens is 5. The van der Waals surface area contributed by atoms with Crippen LogP contribution in [0.1, 0.15) is 5.56 Å². The first-order chi connectivity index (χ1) is 9.37. The van der Waals surface area contributed by atoms with Gasteiger partial charge in [0.25, 0.3) is 6.43 Å². The van der Waals surface area contributed by atoms with E-state index in [1.807, 2.05) is 0 Å². The lowest BCUT2D eigenvalue weighted by Gasteiger charge is -2.08. The van der Waals surface area contributed by atoms with Crippen LogP contribution in [-0.2, 0) is 11.3 Å². The molecule has 0 fully saturated rings. The van der Waals surface area contributed by atoms with Gasteiger partial charge in [-0.2, -0.15) is 13.2 Å². The molecule has 1 rings (SSSR count). The van der Waals surface area contributed by atoms with E-state index in [9.17, 15) is 22.0 Å². The van der Waals surface area contributed by atoms with Crippen molar-refractivity contribution in [2.24, 2.45) is 0 Å². The van der Waals surface area contributed by atoms with Crippen LogP contribution in [0.25, 0.3) is 0 Å². The maximum Gasteiger partial charge on any atom is 0.446 e. The molecule has 1 N–H and O–H groups in total. The van der Waals surface area contributed by atoms with Crippen LogP contribution < -0.4 is 5.32 Å². The molecule has 8 heteroatoms. The molecule has 0 atom stereocenters. The number of nitrogens with one attached hydrogen (secondary N) is 1. The first-order valence-corrected chi connectivity index (χ1v) is 6.60. The molecule has 114 valence electrons. The standard InChI is InChI=1S/C12H14F5NOS/c13-11(14)8-19-6-5-18-7-9-1-3-10(4-2-9)20-12(15,16)17/h1-4,11,18H,5-8H2. The van der Waals surface area contributed by atoms with E-state index in [0.717, 1.165) is 5.56 Å². The molecule has 0 aliphatic rings. The zero-order valence-corrected chi connectivity index (χ0v) is 11.2. The van der Waals surface area contributed by atoms with E-state index in [1.54, 1.807) is 12.1 Å². The Morgan fingerprint density at radius 1 is 1.15 bits per heavy atom. The highest BCUT2D eigenvalue weighted by atomic mass is 32.2. The lowest BCUT2D eigenvalue weighted by molar-refractivity contribution is -0.0328. The summed E-state index contributed by atoms with van der Waals surface area (Å²) in [5.41, 5.74) is -3.48. The zero-order chi connectivity index (χ0) is 15.0. The van der Waals surface area contributed by atoms with Crippen LogP contribution in [0.3, 0.4) is 0 Å². The second-order valence-electron chi connectivity index (χ2n) is 3.83. The molecular weight excluding hydrogens is 301 g/mol. The largest absolute Gasteiger partial charge is 0.446 e. The van der Waals surface area contributed by atoms with Gasteiger partial charge in [-0.3, -0.25) is 0 Å². The van der Waals surface area contributed by atoms with Gasteiger partial charge in [0.1, 0.15) is 6.61 Å². The summed E-state index contributed by atoms with van der Waals surface area (Å²) >= 11 is -0.164. The topological polar surface area (TPSA) is 21.3 Å². The highest BCUT2D eigenvalue weighted by molar-refractivity contribution is 8.00. The van der Waals surface area contributed by atoms with Gasteiger partial charge in [0, 0.05) is 18.0 Å². The molecule has 20 heavy (non-hydrogen) atoms. The summed E-state index contributed by atoms with van der Waals surface area (Å²) in [6.07, 6.45) is -2.48. The second kappa shape index (κ2) is 8.43. The van der Waals surface area contributed by atoms with Gasteiger partial charge in [-0.25, -0.2) is 8.78 Å². The Labute approximate surface area is 117 Å². The number of hydrogen-bond acceptors (Lipinski definition) is 3. The Hall–Kier alpha value is -0.860. The van der Waals surface area contributed by atoms with Crippen molar-refractivity contribution in [3.63, 3.8) is 0 Å². The molecule has 1 aromatic carbocycles. The van der Waals surface area contributed by atoms with E-state index in [1.165, 1.54) is 12.1 Å². The van der Waals surface area contributed by atoms with Crippen molar-refractivity contribution in [1.82, 2.24) is 5.32 Å². The minimum Gasteiger partial charge on any atom is -0.374 e. The number of thioether (sulfide) groups is 1. The van der Waals surface area contributed by atoms with Gasteiger partial charge in [0.2, 0.25) is 0 Å². The molecule has 0 radical (unpaired) electrons. The van der Waals surface area contributed by atoms with Crippen LogP contribution in [0.15, 0.2) is 29.2 Å². The summed E-state index contributed by atoms with van der Waals surface area (Å²) in [5.74, 6) is 0. The van der Waals surface area contributed by atoms with Crippen LogP contribution in [0.5, 0.6) is 0 Å². The van der Waals surface area contributed by atoms with E-state index in [2.05, 4.69) is 10.1 Å². The third-order valence-electron chi connectivity index (χ3n) is 2.15. The van der Waals surface area contributed by atoms with E-state index in [-0.39, 0.29) is 23.3 Å². The third-order valence-corrected chi connectivity index (χ3v) is 2.89. The number of rotatable bonds is 8. The number of ether oxygens (including phenoxy) is 1. The average molecular weight is 315 g/mol. The van der Waals surface area contributed by atoms with Crippen LogP contribution in [0, 0.1) is 0 Å². The molecule has 0 amide bonds. The predicted molar refractivity (Wildman–Crippen MR) is 66.9 cm³/mol. The predicted octanol–water partition coefficient (Wildman–Crippen LogP) is 3.67. The molecule has 0 bridgehead atoms. The second-order valence-corrected chi connectivity index (χ2v) is 4.97. The monoisotopic (exact) mass is 315 g/mol. The molecule has 0 heterocycles. The molecular formula is C12H14F5NOS. The van der Waals surface area contributed by atoms with Crippen LogP contribution in [-0.4, -0.2) is 31.7 Å². The van der Waals surface area contributed by atoms with Gasteiger partial charge >= 0.3 is 5.51 Å². The summed E-state index contributed by atoms with van der Waals surface area (Å²) in [6.45, 7) is 0.401. The molecule has 0 spiro atoms. The Morgan fingerprint density at radius 2 is 1.80 bits per heavy atom. The summed E-state index contributed by atoms with van der Waals surface area (Å²) in [7, 11) is 0. The summed E-state index contributed by atoms with van der Waals surface area (Å²) in [5, 5.41) is 2.94. The summed E-state index contributed by atoms with van der Waals surface area (Å²) < 4.78 is 64.4. The SMILES string of the molecule is FC(F)COCCNCc1ccc(SC(F)(F)F)cc1. The first kappa shape index (κ1) is 17.2. The lowest BCUT2D eigenvalue weighted by atomic mass is 10.2. The maximum absolute atomic E-state index is 12.1. The minimum absolute atomic E-state index is 0.126. The van der Waals surface area contributed by atoms with Crippen molar-refractivity contribution in [3.8, 4) is 0 Å². The Kier molecular flexibility index (Phi) is 7.25. The van der Waals surface area contributed by atoms with Crippen molar-refractivity contribution in [3.05, 3.63) is 29.8 Å². The summed E-state index contributed by atoms with van der Waals surface area (Å²) in [6, 6.07) is 5.95. The summed E-state index contributed by atoms with van der Waals surface area (Å²) in [4.78, 5) is 0.126. The van der Waals surface area contributed by atoms with Crippen LogP contribution in [0.4, 0.5) is 22.0 Å². The van der Waals surface area contributed by atoms with Crippen molar-refractivity contribution < 1.29 is 26.7 Å². The molecule has 2 nitrogen and oxygen atoms in total. The minimum atomic E-state index is -4.29. The lowest BCUT2D eigenvalue weighted by Crippen LogP contribution is -2.20. The molecule has 0 saturated heterocycles. The quantitative estimate of drug-likeness (QED) is 0.449. The molecule has 0 unspecified atom stereocenters. The van der Waals surface area contributed by atoms with E-state index in [4.69, 9.17) is 0 Å². The van der Waals surface area contributed by atoms with Crippen molar-refractivity contribution in [1.29, 1.82) is 0 Å². The van der Waals surface area contributed by atoms with E-state index >= 15 is 0 Å². The van der Waals surface area contributed by atoms with E-state index < -0.39 is 18.5 Å². The molecule has 0 aromatic heterocycles. The number of alkyl halides is 5. The van der Waals surface area contributed by atoms with Crippen molar-refractivity contribution in [2.75, 3.05) is 19.8 Å². The number of hydrogen-bond donors (Lipinski definition) is 1. The number of benzene rings is 1. The first-order valence-electron chi connectivity index (χ1n) is 5.78. The highest BCUT2D eigenvalue weighted by Gasteiger charge is 2.28. The van der Waals surface area contributed by atoms with Crippen molar-refractivity contribution >= 4 is 11.8 Å². The Bertz CT molecular complexity index is 382.